The molecule has 0 radical (unpaired) electrons. The highest BCUT2D eigenvalue weighted by Gasteiger charge is 2.34. The smallest absolute Gasteiger partial charge is 0.243 e. The van der Waals surface area contributed by atoms with Crippen LogP contribution in [0.3, 0.4) is 0 Å². The van der Waals surface area contributed by atoms with Gasteiger partial charge in [-0.1, -0.05) is 60.7 Å². The van der Waals surface area contributed by atoms with Crippen molar-refractivity contribution in [2.24, 2.45) is 5.92 Å². The minimum absolute atomic E-state index is 0.0337. The average molecular weight is 453 g/mol. The van der Waals surface area contributed by atoms with Crippen molar-refractivity contribution in [2.75, 3.05) is 13.1 Å². The second kappa shape index (κ2) is 9.63. The molecule has 3 aromatic rings. The Morgan fingerprint density at radius 3 is 2.03 bits per heavy atom. The van der Waals surface area contributed by atoms with Gasteiger partial charge in [0.25, 0.3) is 0 Å². The maximum absolute atomic E-state index is 13.2. The van der Waals surface area contributed by atoms with Gasteiger partial charge in [0, 0.05) is 13.1 Å². The molecule has 0 saturated carbocycles. The zero-order valence-corrected chi connectivity index (χ0v) is 18.3. The van der Waals surface area contributed by atoms with Gasteiger partial charge < -0.3 is 5.32 Å². The normalized spacial score (nSPS) is 17.2. The third-order valence-electron chi connectivity index (χ3n) is 5.76. The number of carbonyl (C=O) groups is 1. The molecule has 7 heteroatoms. The fourth-order valence-corrected chi connectivity index (χ4v) is 5.56. The highest BCUT2D eigenvalue weighted by atomic mass is 32.2. The first kappa shape index (κ1) is 22.2. The molecule has 3 aromatic carbocycles. The number of benzene rings is 3. The Morgan fingerprint density at radius 1 is 0.906 bits per heavy atom. The fraction of sp³-hybridized carbons (Fsp3) is 0.240. The summed E-state index contributed by atoms with van der Waals surface area (Å²) < 4.78 is 40.6. The number of halogens is 1. The molecular formula is C25H25FN2O3S. The van der Waals surface area contributed by atoms with Crippen LogP contribution in [0.5, 0.6) is 0 Å². The third kappa shape index (κ3) is 4.89. The average Bonchev–Trinajstić information content (AvgIpc) is 2.84. The first-order chi connectivity index (χ1) is 15.4. The number of sulfonamides is 1. The molecule has 4 rings (SSSR count). The van der Waals surface area contributed by atoms with Gasteiger partial charge in [-0.3, -0.25) is 4.79 Å². The quantitative estimate of drug-likeness (QED) is 0.612. The lowest BCUT2D eigenvalue weighted by molar-refractivity contribution is -0.126. The zero-order valence-electron chi connectivity index (χ0n) is 17.5. The summed E-state index contributed by atoms with van der Waals surface area (Å²) in [6, 6.07) is 23.9. The van der Waals surface area contributed by atoms with Gasteiger partial charge in [0.05, 0.1) is 16.9 Å². The first-order valence-corrected chi connectivity index (χ1v) is 12.0. The Kier molecular flexibility index (Phi) is 6.67. The Labute approximate surface area is 187 Å². The molecule has 1 atom stereocenters. The van der Waals surface area contributed by atoms with E-state index >= 15 is 0 Å². The lowest BCUT2D eigenvalue weighted by atomic mass is 9.95. The molecule has 1 N–H and O–H groups in total. The number of nitrogens with one attached hydrogen (secondary N) is 1. The van der Waals surface area contributed by atoms with E-state index in [1.54, 1.807) is 0 Å². The Balaban J connectivity index is 1.52. The number of nitrogens with zero attached hydrogens (tertiary/aromatic N) is 1. The van der Waals surface area contributed by atoms with Crippen molar-refractivity contribution in [3.05, 3.63) is 102 Å². The van der Waals surface area contributed by atoms with E-state index in [-0.39, 0.29) is 23.4 Å². The molecule has 32 heavy (non-hydrogen) atoms. The zero-order chi connectivity index (χ0) is 22.6. The molecule has 0 unspecified atom stereocenters. The van der Waals surface area contributed by atoms with E-state index in [0.717, 1.165) is 23.3 Å². The number of amides is 1. The maximum Gasteiger partial charge on any atom is 0.243 e. The van der Waals surface area contributed by atoms with Crippen LogP contribution >= 0.6 is 0 Å². The van der Waals surface area contributed by atoms with Gasteiger partial charge in [0.15, 0.2) is 0 Å². The topological polar surface area (TPSA) is 66.5 Å². The van der Waals surface area contributed by atoms with Crippen LogP contribution in [-0.4, -0.2) is 31.7 Å². The third-order valence-corrected chi connectivity index (χ3v) is 7.64. The standard InChI is InChI=1S/C25H25FN2O3S/c26-22-13-15-23(16-14-22)32(30,31)28-17-7-12-21(18-28)25(29)27-24(19-8-3-1-4-9-19)20-10-5-2-6-11-20/h1-6,8-11,13-16,21,24H,7,12,17-18H2,(H,27,29)/t21-/m1/s1. The second-order valence-corrected chi connectivity index (χ2v) is 9.86. The molecule has 1 amide bonds. The monoisotopic (exact) mass is 452 g/mol. The largest absolute Gasteiger partial charge is 0.345 e. The summed E-state index contributed by atoms with van der Waals surface area (Å²) in [6.07, 6.45) is 1.19. The molecule has 1 aliphatic heterocycles. The molecule has 5 nitrogen and oxygen atoms in total. The van der Waals surface area contributed by atoms with Crippen LogP contribution in [0.2, 0.25) is 0 Å². The van der Waals surface area contributed by atoms with E-state index in [4.69, 9.17) is 0 Å². The lowest BCUT2D eigenvalue weighted by Crippen LogP contribution is -2.46. The van der Waals surface area contributed by atoms with Gasteiger partial charge >= 0.3 is 0 Å². The molecular weight excluding hydrogens is 427 g/mol. The van der Waals surface area contributed by atoms with E-state index in [9.17, 15) is 17.6 Å². The summed E-state index contributed by atoms with van der Waals surface area (Å²) in [7, 11) is -3.79. The molecule has 1 heterocycles. The molecule has 166 valence electrons. The number of hydrogen-bond donors (Lipinski definition) is 1. The van der Waals surface area contributed by atoms with Gasteiger partial charge in [-0.05, 0) is 48.2 Å². The molecule has 1 saturated heterocycles. The van der Waals surface area contributed by atoms with Crippen LogP contribution in [0.25, 0.3) is 0 Å². The molecule has 0 bridgehead atoms. The summed E-state index contributed by atoms with van der Waals surface area (Å²) in [5, 5.41) is 3.13. The van der Waals surface area contributed by atoms with Gasteiger partial charge in [-0.2, -0.15) is 4.31 Å². The van der Waals surface area contributed by atoms with Crippen molar-refractivity contribution in [2.45, 2.75) is 23.8 Å². The van der Waals surface area contributed by atoms with E-state index in [1.807, 2.05) is 60.7 Å². The van der Waals surface area contributed by atoms with Gasteiger partial charge in [0.2, 0.25) is 15.9 Å². The Morgan fingerprint density at radius 2 is 1.47 bits per heavy atom. The van der Waals surface area contributed by atoms with Gasteiger partial charge in [-0.15, -0.1) is 0 Å². The summed E-state index contributed by atoms with van der Waals surface area (Å²) in [4.78, 5) is 13.3. The van der Waals surface area contributed by atoms with Crippen molar-refractivity contribution < 1.29 is 17.6 Å². The SMILES string of the molecule is O=C(NC(c1ccccc1)c1ccccc1)[C@@H]1CCCN(S(=O)(=O)c2ccc(F)cc2)C1. The Bertz CT molecular complexity index is 1110. The molecule has 0 aliphatic carbocycles. The second-order valence-electron chi connectivity index (χ2n) is 7.92. The highest BCUT2D eigenvalue weighted by Crippen LogP contribution is 2.27. The lowest BCUT2D eigenvalue weighted by Gasteiger charge is -2.32. The predicted molar refractivity (Wildman–Crippen MR) is 121 cm³/mol. The van der Waals surface area contributed by atoms with E-state index in [1.165, 1.54) is 16.4 Å². The summed E-state index contributed by atoms with van der Waals surface area (Å²) in [5.74, 6) is -1.14. The van der Waals surface area contributed by atoms with E-state index in [2.05, 4.69) is 5.32 Å². The summed E-state index contributed by atoms with van der Waals surface area (Å²) in [6.45, 7) is 0.437. The number of hydrogen-bond acceptors (Lipinski definition) is 3. The van der Waals surface area contributed by atoms with Crippen LogP contribution in [-0.2, 0) is 14.8 Å². The predicted octanol–water partition coefficient (Wildman–Crippen LogP) is 4.13. The van der Waals surface area contributed by atoms with Crippen LogP contribution in [0.15, 0.2) is 89.8 Å². The number of carbonyl (C=O) groups excluding carboxylic acids is 1. The van der Waals surface area contributed by atoms with E-state index in [0.29, 0.717) is 19.4 Å². The summed E-state index contributed by atoms with van der Waals surface area (Å²) in [5.41, 5.74) is 1.91. The maximum atomic E-state index is 13.2. The van der Waals surface area contributed by atoms with Crippen LogP contribution in [0, 0.1) is 11.7 Å². The van der Waals surface area contributed by atoms with Crippen LogP contribution < -0.4 is 5.32 Å². The number of piperidine rings is 1. The first-order valence-electron chi connectivity index (χ1n) is 10.6. The van der Waals surface area contributed by atoms with Crippen LogP contribution in [0.4, 0.5) is 4.39 Å². The summed E-state index contributed by atoms with van der Waals surface area (Å²) >= 11 is 0. The molecule has 0 spiro atoms. The molecule has 0 aromatic heterocycles. The number of rotatable bonds is 6. The minimum atomic E-state index is -3.79. The van der Waals surface area contributed by atoms with Crippen molar-refractivity contribution >= 4 is 15.9 Å². The Hall–Kier alpha value is -3.03. The van der Waals surface area contributed by atoms with Crippen LogP contribution in [0.1, 0.15) is 30.0 Å². The van der Waals surface area contributed by atoms with Crippen molar-refractivity contribution in [3.63, 3.8) is 0 Å². The van der Waals surface area contributed by atoms with E-state index < -0.39 is 21.8 Å². The van der Waals surface area contributed by atoms with Gasteiger partial charge in [-0.25, -0.2) is 12.8 Å². The molecule has 1 aliphatic rings. The molecule has 1 fully saturated rings. The highest BCUT2D eigenvalue weighted by molar-refractivity contribution is 7.89. The van der Waals surface area contributed by atoms with Crippen molar-refractivity contribution in [1.82, 2.24) is 9.62 Å². The van der Waals surface area contributed by atoms with Gasteiger partial charge in [0.1, 0.15) is 5.82 Å². The van der Waals surface area contributed by atoms with Crippen molar-refractivity contribution in [3.8, 4) is 0 Å². The van der Waals surface area contributed by atoms with Crippen molar-refractivity contribution in [1.29, 1.82) is 0 Å². The minimum Gasteiger partial charge on any atom is -0.345 e. The fourth-order valence-electron chi connectivity index (χ4n) is 4.04.